The highest BCUT2D eigenvalue weighted by Gasteiger charge is 2.08. The van der Waals surface area contributed by atoms with Crippen LogP contribution < -0.4 is 10.5 Å². The van der Waals surface area contributed by atoms with E-state index in [9.17, 15) is 0 Å². The number of methoxy groups -OCH3 is 1. The minimum Gasteiger partial charge on any atom is -0.497 e. The molecule has 98 valence electrons. The molecule has 1 unspecified atom stereocenters. The number of ether oxygens (including phenoxy) is 1. The van der Waals surface area contributed by atoms with Crippen LogP contribution in [0.15, 0.2) is 42.6 Å². The maximum Gasteiger partial charge on any atom is 0.119 e. The number of nitrogens with zero attached hydrogens (tertiary/aromatic N) is 1. The van der Waals surface area contributed by atoms with Crippen molar-refractivity contribution in [3.8, 4) is 5.75 Å². The van der Waals surface area contributed by atoms with E-state index in [0.29, 0.717) is 0 Å². The molecule has 0 aliphatic heterocycles. The van der Waals surface area contributed by atoms with E-state index in [1.165, 1.54) is 21.7 Å². The van der Waals surface area contributed by atoms with Gasteiger partial charge >= 0.3 is 0 Å². The van der Waals surface area contributed by atoms with Crippen molar-refractivity contribution in [1.29, 1.82) is 0 Å². The highest BCUT2D eigenvalue weighted by molar-refractivity contribution is 6.06. The smallest absolute Gasteiger partial charge is 0.119 e. The van der Waals surface area contributed by atoms with Crippen molar-refractivity contribution >= 4 is 21.7 Å². The molecular formula is C16H18N2O. The molecule has 0 radical (unpaired) electrons. The molecule has 0 aliphatic rings. The second kappa shape index (κ2) is 4.59. The molecule has 0 saturated heterocycles. The maximum atomic E-state index is 5.93. The van der Waals surface area contributed by atoms with E-state index in [1.54, 1.807) is 7.11 Å². The van der Waals surface area contributed by atoms with Gasteiger partial charge in [0.15, 0.2) is 0 Å². The van der Waals surface area contributed by atoms with Crippen LogP contribution in [0.2, 0.25) is 0 Å². The molecule has 2 aromatic carbocycles. The van der Waals surface area contributed by atoms with Crippen molar-refractivity contribution in [3.63, 3.8) is 0 Å². The second-order valence-corrected chi connectivity index (χ2v) is 5.04. The van der Waals surface area contributed by atoms with Gasteiger partial charge in [-0.3, -0.25) is 0 Å². The Bertz CT molecular complexity index is 728. The van der Waals surface area contributed by atoms with Gasteiger partial charge in [-0.05, 0) is 30.5 Å². The molecule has 0 aliphatic carbocycles. The third kappa shape index (κ3) is 2.06. The van der Waals surface area contributed by atoms with Crippen molar-refractivity contribution in [2.45, 2.75) is 19.5 Å². The Morgan fingerprint density at radius 1 is 1.16 bits per heavy atom. The summed E-state index contributed by atoms with van der Waals surface area (Å²) in [5.74, 6) is 0.883. The fourth-order valence-corrected chi connectivity index (χ4v) is 2.59. The van der Waals surface area contributed by atoms with Crippen LogP contribution in [0.4, 0.5) is 0 Å². The summed E-state index contributed by atoms with van der Waals surface area (Å²) in [7, 11) is 1.70. The van der Waals surface area contributed by atoms with Gasteiger partial charge in [-0.2, -0.15) is 0 Å². The third-order valence-corrected chi connectivity index (χ3v) is 3.44. The van der Waals surface area contributed by atoms with Gasteiger partial charge in [0, 0.05) is 29.6 Å². The fraction of sp³-hybridized carbons (Fsp3) is 0.250. The summed E-state index contributed by atoms with van der Waals surface area (Å²) in [5.41, 5.74) is 7.16. The monoisotopic (exact) mass is 254 g/mol. The van der Waals surface area contributed by atoms with Crippen LogP contribution in [0.1, 0.15) is 6.92 Å². The van der Waals surface area contributed by atoms with Crippen LogP contribution >= 0.6 is 0 Å². The standard InChI is InChI=1S/C16H18N2O/c1-11(17)10-18-8-7-13-4-3-12-5-6-14(19-2)9-15(12)16(13)18/h3-9,11H,10,17H2,1-2H3. The number of aromatic nitrogens is 1. The van der Waals surface area contributed by atoms with Gasteiger partial charge in [0.1, 0.15) is 5.75 Å². The number of hydrogen-bond donors (Lipinski definition) is 1. The summed E-state index contributed by atoms with van der Waals surface area (Å²) < 4.78 is 7.56. The van der Waals surface area contributed by atoms with Crippen molar-refractivity contribution in [2.75, 3.05) is 7.11 Å². The summed E-state index contributed by atoms with van der Waals surface area (Å²) in [6.45, 7) is 2.84. The first kappa shape index (κ1) is 12.1. The SMILES string of the molecule is COc1ccc2ccc3ccn(CC(C)N)c3c2c1. The minimum atomic E-state index is 0.136. The van der Waals surface area contributed by atoms with E-state index < -0.39 is 0 Å². The number of fused-ring (bicyclic) bond motifs is 3. The molecule has 3 heteroatoms. The summed E-state index contributed by atoms with van der Waals surface area (Å²) in [5, 5.41) is 3.67. The Morgan fingerprint density at radius 2 is 1.89 bits per heavy atom. The maximum absolute atomic E-state index is 5.93. The normalized spacial score (nSPS) is 13.0. The van der Waals surface area contributed by atoms with Crippen molar-refractivity contribution in [1.82, 2.24) is 4.57 Å². The number of hydrogen-bond acceptors (Lipinski definition) is 2. The Morgan fingerprint density at radius 3 is 2.63 bits per heavy atom. The third-order valence-electron chi connectivity index (χ3n) is 3.44. The molecule has 0 amide bonds. The first-order valence-electron chi connectivity index (χ1n) is 6.50. The van der Waals surface area contributed by atoms with Crippen molar-refractivity contribution in [2.24, 2.45) is 5.73 Å². The van der Waals surface area contributed by atoms with Crippen molar-refractivity contribution in [3.05, 3.63) is 42.6 Å². The van der Waals surface area contributed by atoms with Crippen LogP contribution in [-0.2, 0) is 6.54 Å². The molecule has 1 heterocycles. The highest BCUT2D eigenvalue weighted by atomic mass is 16.5. The van der Waals surface area contributed by atoms with Crippen LogP contribution in [-0.4, -0.2) is 17.7 Å². The van der Waals surface area contributed by atoms with Gasteiger partial charge in [0.25, 0.3) is 0 Å². The van der Waals surface area contributed by atoms with E-state index >= 15 is 0 Å². The Labute approximate surface area is 112 Å². The van der Waals surface area contributed by atoms with Gasteiger partial charge in [-0.15, -0.1) is 0 Å². The Kier molecular flexibility index (Phi) is 2.91. The average Bonchev–Trinajstić information content (AvgIpc) is 2.81. The number of rotatable bonds is 3. The van der Waals surface area contributed by atoms with Gasteiger partial charge < -0.3 is 15.0 Å². The first-order chi connectivity index (χ1) is 9.19. The van der Waals surface area contributed by atoms with Crippen LogP contribution in [0.3, 0.4) is 0 Å². The molecule has 3 rings (SSSR count). The number of nitrogens with two attached hydrogens (primary N) is 1. The molecule has 3 aromatic rings. The predicted molar refractivity (Wildman–Crippen MR) is 79.6 cm³/mol. The topological polar surface area (TPSA) is 40.2 Å². The molecular weight excluding hydrogens is 236 g/mol. The average molecular weight is 254 g/mol. The molecule has 2 N–H and O–H groups in total. The quantitative estimate of drug-likeness (QED) is 0.780. The molecule has 0 saturated carbocycles. The Hall–Kier alpha value is -2.00. The van der Waals surface area contributed by atoms with Gasteiger partial charge in [-0.25, -0.2) is 0 Å². The number of benzene rings is 2. The summed E-state index contributed by atoms with van der Waals surface area (Å²) >= 11 is 0. The Balaban J connectivity index is 2.32. The zero-order valence-electron chi connectivity index (χ0n) is 11.3. The van der Waals surface area contributed by atoms with Gasteiger partial charge in [0.05, 0.1) is 12.6 Å². The zero-order chi connectivity index (χ0) is 13.4. The molecule has 3 nitrogen and oxygen atoms in total. The lowest BCUT2D eigenvalue weighted by molar-refractivity contribution is 0.415. The lowest BCUT2D eigenvalue weighted by atomic mass is 10.1. The van der Waals surface area contributed by atoms with E-state index in [4.69, 9.17) is 10.5 Å². The second-order valence-electron chi connectivity index (χ2n) is 5.04. The summed E-state index contributed by atoms with van der Waals surface area (Å²) in [6, 6.07) is 12.8. The fourth-order valence-electron chi connectivity index (χ4n) is 2.59. The molecule has 0 fully saturated rings. The zero-order valence-corrected chi connectivity index (χ0v) is 11.3. The predicted octanol–water partition coefficient (Wildman–Crippen LogP) is 3.15. The molecule has 1 atom stereocenters. The van der Waals surface area contributed by atoms with E-state index in [-0.39, 0.29) is 6.04 Å². The molecule has 19 heavy (non-hydrogen) atoms. The largest absolute Gasteiger partial charge is 0.497 e. The highest BCUT2D eigenvalue weighted by Crippen LogP contribution is 2.29. The molecule has 0 bridgehead atoms. The van der Waals surface area contributed by atoms with E-state index in [2.05, 4.69) is 41.1 Å². The lowest BCUT2D eigenvalue weighted by Crippen LogP contribution is -2.21. The first-order valence-corrected chi connectivity index (χ1v) is 6.50. The minimum absolute atomic E-state index is 0.136. The van der Waals surface area contributed by atoms with Crippen LogP contribution in [0.5, 0.6) is 5.75 Å². The van der Waals surface area contributed by atoms with Gasteiger partial charge in [0.2, 0.25) is 0 Å². The summed E-state index contributed by atoms with van der Waals surface area (Å²) in [6.07, 6.45) is 2.10. The van der Waals surface area contributed by atoms with Crippen molar-refractivity contribution < 1.29 is 4.74 Å². The van der Waals surface area contributed by atoms with Gasteiger partial charge in [-0.1, -0.05) is 18.2 Å². The lowest BCUT2D eigenvalue weighted by Gasteiger charge is -2.11. The van der Waals surface area contributed by atoms with E-state index in [0.717, 1.165) is 12.3 Å². The summed E-state index contributed by atoms with van der Waals surface area (Å²) in [4.78, 5) is 0. The van der Waals surface area contributed by atoms with E-state index in [1.807, 2.05) is 13.0 Å². The van der Waals surface area contributed by atoms with Crippen LogP contribution in [0.25, 0.3) is 21.7 Å². The molecule has 0 spiro atoms. The van der Waals surface area contributed by atoms with Crippen LogP contribution in [0, 0.1) is 0 Å². The molecule has 1 aromatic heterocycles.